The van der Waals surface area contributed by atoms with E-state index in [1.54, 1.807) is 19.1 Å². The highest BCUT2D eigenvalue weighted by atomic mass is 32.2. The Balaban J connectivity index is 1.41. The van der Waals surface area contributed by atoms with Gasteiger partial charge in [0.05, 0.1) is 22.1 Å². The van der Waals surface area contributed by atoms with Crippen LogP contribution in [0.15, 0.2) is 63.9 Å². The number of rotatable bonds is 8. The van der Waals surface area contributed by atoms with Gasteiger partial charge in [0.2, 0.25) is 5.13 Å². The van der Waals surface area contributed by atoms with Crippen LogP contribution < -0.4 is 5.32 Å². The van der Waals surface area contributed by atoms with Gasteiger partial charge in [0.25, 0.3) is 16.0 Å². The number of alkyl halides is 3. The lowest BCUT2D eigenvalue weighted by molar-refractivity contribution is -0.137. The van der Waals surface area contributed by atoms with Crippen molar-refractivity contribution >= 4 is 32.7 Å². The molecule has 13 heteroatoms. The maximum atomic E-state index is 13.0. The van der Waals surface area contributed by atoms with Crippen molar-refractivity contribution in [1.29, 1.82) is 0 Å². The van der Waals surface area contributed by atoms with Crippen molar-refractivity contribution in [3.05, 3.63) is 82.9 Å². The maximum Gasteiger partial charge on any atom is 0.416 e. The zero-order valence-electron chi connectivity index (χ0n) is 20.4. The summed E-state index contributed by atoms with van der Waals surface area (Å²) in [5.41, 5.74) is 0.377. The molecule has 2 aromatic carbocycles. The molecule has 1 amide bonds. The Morgan fingerprint density at radius 1 is 1.13 bits per heavy atom. The first kappa shape index (κ1) is 27.5. The van der Waals surface area contributed by atoms with Crippen molar-refractivity contribution in [2.24, 2.45) is 0 Å². The smallest absolute Gasteiger partial charge is 0.416 e. The Labute approximate surface area is 220 Å². The van der Waals surface area contributed by atoms with Crippen LogP contribution >= 0.6 is 11.5 Å². The maximum absolute atomic E-state index is 13.0. The molecule has 200 valence electrons. The monoisotopic (exact) mass is 565 g/mol. The summed E-state index contributed by atoms with van der Waals surface area (Å²) < 4.78 is 79.0. The molecule has 4 aromatic rings. The number of halogens is 3. The lowest BCUT2D eigenvalue weighted by Gasteiger charge is -2.11. The molecule has 38 heavy (non-hydrogen) atoms. The Morgan fingerprint density at radius 3 is 2.53 bits per heavy atom. The molecule has 1 atom stereocenters. The van der Waals surface area contributed by atoms with Crippen LogP contribution in [-0.2, 0) is 26.9 Å². The fraction of sp³-hybridized carbons (Fsp3) is 0.240. The van der Waals surface area contributed by atoms with Crippen LogP contribution in [0.4, 0.5) is 18.3 Å². The van der Waals surface area contributed by atoms with Crippen molar-refractivity contribution in [2.45, 2.75) is 44.4 Å². The summed E-state index contributed by atoms with van der Waals surface area (Å²) in [5, 5.41) is 2.73. The van der Waals surface area contributed by atoms with Crippen molar-refractivity contribution < 1.29 is 35.0 Å². The third-order valence-corrected chi connectivity index (χ3v) is 7.50. The molecule has 0 spiro atoms. The van der Waals surface area contributed by atoms with E-state index in [9.17, 15) is 26.4 Å². The predicted octanol–water partition coefficient (Wildman–Crippen LogP) is 6.02. The fourth-order valence-corrected chi connectivity index (χ4v) is 5.19. The van der Waals surface area contributed by atoms with E-state index < -0.39 is 33.9 Å². The summed E-state index contributed by atoms with van der Waals surface area (Å²) in [6, 6.07) is 12.2. The van der Waals surface area contributed by atoms with Gasteiger partial charge in [-0.1, -0.05) is 29.8 Å². The van der Waals surface area contributed by atoms with Gasteiger partial charge in [-0.3, -0.25) is 14.3 Å². The number of benzene rings is 2. The first-order chi connectivity index (χ1) is 17.8. The highest BCUT2D eigenvalue weighted by Gasteiger charge is 2.31. The minimum atomic E-state index is -4.51. The molecule has 2 aromatic heterocycles. The molecule has 0 fully saturated rings. The van der Waals surface area contributed by atoms with Crippen LogP contribution in [0, 0.1) is 13.8 Å². The quantitative estimate of drug-likeness (QED) is 0.260. The molecule has 2 heterocycles. The Bertz CT molecular complexity index is 1560. The minimum absolute atomic E-state index is 0.0362. The molecule has 1 unspecified atom stereocenters. The number of carbonyl (C=O) groups excluding carboxylic acids is 1. The highest BCUT2D eigenvalue weighted by Crippen LogP contribution is 2.33. The number of carbonyl (C=O) groups is 1. The third-order valence-electron chi connectivity index (χ3n) is 5.40. The van der Waals surface area contributed by atoms with E-state index in [4.69, 9.17) is 8.60 Å². The van der Waals surface area contributed by atoms with Crippen LogP contribution in [-0.4, -0.2) is 29.8 Å². The summed E-state index contributed by atoms with van der Waals surface area (Å²) >= 11 is 0.891. The van der Waals surface area contributed by atoms with Crippen LogP contribution in [0.5, 0.6) is 0 Å². The van der Waals surface area contributed by atoms with Crippen molar-refractivity contribution in [1.82, 2.24) is 9.36 Å². The second kappa shape index (κ2) is 10.7. The Morgan fingerprint density at radius 2 is 1.84 bits per heavy atom. The van der Waals surface area contributed by atoms with Crippen molar-refractivity contribution in [3.8, 4) is 11.3 Å². The number of nitrogens with zero attached hydrogens (tertiary/aromatic N) is 2. The van der Waals surface area contributed by atoms with Crippen LogP contribution in [0.3, 0.4) is 0 Å². The van der Waals surface area contributed by atoms with Gasteiger partial charge < -0.3 is 4.42 Å². The normalized spacial score (nSPS) is 12.9. The summed E-state index contributed by atoms with van der Waals surface area (Å²) in [7, 11) is -3.98. The first-order valence-corrected chi connectivity index (χ1v) is 13.4. The minimum Gasteiger partial charge on any atom is -0.461 e. The predicted molar refractivity (Wildman–Crippen MR) is 134 cm³/mol. The molecular weight excluding hydrogens is 543 g/mol. The first-order valence-electron chi connectivity index (χ1n) is 11.2. The standard InChI is InChI=1S/C25H22F3N3O5S2/c1-14-7-9-19(10-8-14)38(33,34)36-15(2)11-22-29-24(37-31-22)30-23(32)20-13-21(35-16(20)3)17-5-4-6-18(12-17)25(26,27)28/h4-10,12-13,15H,11H2,1-3H3,(H,29,30,31,32). The molecule has 0 radical (unpaired) electrons. The summed E-state index contributed by atoms with van der Waals surface area (Å²) in [6.45, 7) is 4.92. The van der Waals surface area contributed by atoms with E-state index in [1.807, 2.05) is 6.92 Å². The molecule has 0 aliphatic rings. The van der Waals surface area contributed by atoms with Crippen molar-refractivity contribution in [2.75, 3.05) is 5.32 Å². The van der Waals surface area contributed by atoms with Crippen molar-refractivity contribution in [3.63, 3.8) is 0 Å². The topological polar surface area (TPSA) is 111 Å². The number of nitrogens with one attached hydrogen (secondary N) is 1. The average Bonchev–Trinajstić information content (AvgIpc) is 3.44. The summed E-state index contributed by atoms with van der Waals surface area (Å²) in [4.78, 5) is 17.0. The molecular formula is C25H22F3N3O5S2. The Kier molecular flexibility index (Phi) is 7.72. The third kappa shape index (κ3) is 6.47. The van der Waals surface area contributed by atoms with Gasteiger partial charge >= 0.3 is 6.18 Å². The number of furan rings is 1. The van der Waals surface area contributed by atoms with Gasteiger partial charge in [0, 0.05) is 23.5 Å². The van der Waals surface area contributed by atoms with E-state index in [2.05, 4.69) is 14.7 Å². The van der Waals surface area contributed by atoms with Gasteiger partial charge in [-0.05, 0) is 51.1 Å². The summed E-state index contributed by atoms with van der Waals surface area (Å²) in [5.74, 6) is 0.00403. The van der Waals surface area contributed by atoms with E-state index in [-0.39, 0.29) is 44.9 Å². The highest BCUT2D eigenvalue weighted by molar-refractivity contribution is 7.86. The lowest BCUT2D eigenvalue weighted by Crippen LogP contribution is -2.18. The van der Waals surface area contributed by atoms with Crippen LogP contribution in [0.2, 0.25) is 0 Å². The van der Waals surface area contributed by atoms with Crippen LogP contribution in [0.1, 0.15) is 40.0 Å². The number of aryl methyl sites for hydroxylation is 2. The van der Waals surface area contributed by atoms with E-state index in [0.29, 0.717) is 0 Å². The molecule has 0 bridgehead atoms. The van der Waals surface area contributed by atoms with Gasteiger partial charge in [0.15, 0.2) is 0 Å². The lowest BCUT2D eigenvalue weighted by atomic mass is 10.1. The van der Waals surface area contributed by atoms with Gasteiger partial charge in [-0.15, -0.1) is 0 Å². The number of aromatic nitrogens is 2. The molecule has 0 saturated carbocycles. The largest absolute Gasteiger partial charge is 0.461 e. The number of amides is 1. The zero-order valence-corrected chi connectivity index (χ0v) is 22.0. The molecule has 1 N–H and O–H groups in total. The number of anilines is 1. The van der Waals surface area contributed by atoms with E-state index >= 15 is 0 Å². The SMILES string of the molecule is Cc1ccc(S(=O)(=O)OC(C)Cc2nsc(NC(=O)c3cc(-c4cccc(C(F)(F)F)c4)oc3C)n2)cc1. The summed E-state index contributed by atoms with van der Waals surface area (Å²) in [6.07, 6.45) is -5.21. The fourth-order valence-electron chi connectivity index (χ4n) is 3.52. The molecule has 4 rings (SSSR count). The Hall–Kier alpha value is -3.55. The van der Waals surface area contributed by atoms with Gasteiger partial charge in [0.1, 0.15) is 17.3 Å². The van der Waals surface area contributed by atoms with Crippen LogP contribution in [0.25, 0.3) is 11.3 Å². The average molecular weight is 566 g/mol. The molecule has 0 aliphatic heterocycles. The molecule has 8 nitrogen and oxygen atoms in total. The van der Waals surface area contributed by atoms with Gasteiger partial charge in [-0.25, -0.2) is 4.98 Å². The second-order valence-corrected chi connectivity index (χ2v) is 10.8. The zero-order chi connectivity index (χ0) is 27.7. The van der Waals surface area contributed by atoms with Gasteiger partial charge in [-0.2, -0.15) is 26.0 Å². The van der Waals surface area contributed by atoms with E-state index in [1.165, 1.54) is 37.3 Å². The van der Waals surface area contributed by atoms with E-state index in [0.717, 1.165) is 29.2 Å². The molecule has 0 aliphatic carbocycles. The second-order valence-electron chi connectivity index (χ2n) is 8.51. The number of hydrogen-bond donors (Lipinski definition) is 1. The molecule has 0 saturated heterocycles. The number of hydrogen-bond acceptors (Lipinski definition) is 8.